The van der Waals surface area contributed by atoms with Gasteiger partial charge in [-0.15, -0.1) is 11.8 Å². The van der Waals surface area contributed by atoms with E-state index >= 15 is 0 Å². The van der Waals surface area contributed by atoms with Crippen molar-refractivity contribution in [2.45, 2.75) is 5.03 Å². The number of hydrogen-bond donors (Lipinski definition) is 0. The van der Waals surface area contributed by atoms with Crippen LogP contribution >= 0.6 is 11.8 Å². The Morgan fingerprint density at radius 1 is 1.50 bits per heavy atom. The summed E-state index contributed by atoms with van der Waals surface area (Å²) in [5, 5.41) is 0.840. The number of aromatic nitrogens is 1. The van der Waals surface area contributed by atoms with E-state index in [1.54, 1.807) is 30.1 Å². The maximum absolute atomic E-state index is 11.4. The maximum atomic E-state index is 11.4. The third-order valence-corrected chi connectivity index (χ3v) is 2.58. The lowest BCUT2D eigenvalue weighted by molar-refractivity contribution is 0.104. The van der Waals surface area contributed by atoms with Gasteiger partial charge in [0.15, 0.2) is 5.78 Å². The van der Waals surface area contributed by atoms with Crippen LogP contribution in [0.3, 0.4) is 0 Å². The Hall–Kier alpha value is -1.09. The van der Waals surface area contributed by atoms with Crippen LogP contribution in [0.25, 0.3) is 0 Å². The lowest BCUT2D eigenvalue weighted by atomic mass is 10.2. The van der Waals surface area contributed by atoms with E-state index in [0.29, 0.717) is 0 Å². The average Bonchev–Trinajstić information content (AvgIpc) is 2.29. The van der Waals surface area contributed by atoms with Gasteiger partial charge in [-0.1, -0.05) is 6.08 Å². The Morgan fingerprint density at radius 3 is 3.33 bits per heavy atom. The molecule has 1 aromatic heterocycles. The Labute approximate surface area is 74.7 Å². The number of fused-ring (bicyclic) bond motifs is 1. The van der Waals surface area contributed by atoms with Crippen molar-refractivity contribution in [1.82, 2.24) is 4.98 Å². The van der Waals surface area contributed by atoms with E-state index in [1.165, 1.54) is 0 Å². The van der Waals surface area contributed by atoms with E-state index in [0.717, 1.165) is 16.3 Å². The highest BCUT2D eigenvalue weighted by Gasteiger charge is 2.11. The number of carbonyl (C=O) groups excluding carboxylic acids is 1. The molecular weight excluding hydrogens is 170 g/mol. The molecule has 0 N–H and O–H groups in total. The van der Waals surface area contributed by atoms with Crippen molar-refractivity contribution in [1.29, 1.82) is 0 Å². The van der Waals surface area contributed by atoms with E-state index < -0.39 is 0 Å². The van der Waals surface area contributed by atoms with Gasteiger partial charge in [-0.2, -0.15) is 0 Å². The van der Waals surface area contributed by atoms with Gasteiger partial charge in [-0.05, 0) is 18.2 Å². The number of nitrogens with zero attached hydrogens (tertiary/aromatic N) is 1. The average molecular weight is 177 g/mol. The Kier molecular flexibility index (Phi) is 1.96. The molecule has 1 aliphatic heterocycles. The van der Waals surface area contributed by atoms with Gasteiger partial charge in [0.2, 0.25) is 0 Å². The van der Waals surface area contributed by atoms with E-state index in [9.17, 15) is 4.79 Å². The summed E-state index contributed by atoms with van der Waals surface area (Å²) in [6.07, 6.45) is 5.19. The minimum absolute atomic E-state index is 0.0584. The molecule has 0 aliphatic carbocycles. The molecule has 0 atom stereocenters. The number of carbonyl (C=O) groups is 1. The van der Waals surface area contributed by atoms with Crippen LogP contribution in [0.5, 0.6) is 0 Å². The molecule has 0 bridgehead atoms. The van der Waals surface area contributed by atoms with E-state index in [4.69, 9.17) is 0 Å². The summed E-state index contributed by atoms with van der Waals surface area (Å²) >= 11 is 1.59. The van der Waals surface area contributed by atoms with Crippen molar-refractivity contribution in [2.24, 2.45) is 0 Å². The van der Waals surface area contributed by atoms with Crippen LogP contribution in [0, 0.1) is 0 Å². The highest BCUT2D eigenvalue weighted by atomic mass is 32.2. The molecule has 0 unspecified atom stereocenters. The van der Waals surface area contributed by atoms with Crippen LogP contribution in [0.2, 0.25) is 0 Å². The normalized spacial score (nSPS) is 15.5. The Bertz CT molecular complexity index is 346. The number of thioether (sulfide) groups is 1. The molecule has 0 aromatic carbocycles. The zero-order valence-corrected chi connectivity index (χ0v) is 7.17. The second kappa shape index (κ2) is 3.11. The number of rotatable bonds is 0. The number of pyridine rings is 1. The van der Waals surface area contributed by atoms with Crippen molar-refractivity contribution in [3.05, 3.63) is 36.0 Å². The van der Waals surface area contributed by atoms with Crippen LogP contribution in [-0.4, -0.2) is 16.5 Å². The predicted octanol–water partition coefficient (Wildman–Crippen LogP) is 1.93. The lowest BCUT2D eigenvalue weighted by Crippen LogP contribution is -1.96. The zero-order chi connectivity index (χ0) is 8.39. The predicted molar refractivity (Wildman–Crippen MR) is 48.4 cm³/mol. The molecule has 3 heteroatoms. The third kappa shape index (κ3) is 1.28. The smallest absolute Gasteiger partial charge is 0.188 e. The molecule has 60 valence electrons. The second-order valence-electron chi connectivity index (χ2n) is 2.43. The Morgan fingerprint density at radius 2 is 2.42 bits per heavy atom. The summed E-state index contributed by atoms with van der Waals surface area (Å²) in [6.45, 7) is 0. The molecule has 2 nitrogen and oxygen atoms in total. The fourth-order valence-electron chi connectivity index (χ4n) is 1.07. The van der Waals surface area contributed by atoms with Gasteiger partial charge in [-0.25, -0.2) is 4.98 Å². The summed E-state index contributed by atoms with van der Waals surface area (Å²) in [5.41, 5.74) is 0.719. The summed E-state index contributed by atoms with van der Waals surface area (Å²) in [7, 11) is 0. The molecule has 2 rings (SSSR count). The molecule has 12 heavy (non-hydrogen) atoms. The minimum atomic E-state index is 0.0584. The third-order valence-electron chi connectivity index (χ3n) is 1.62. The topological polar surface area (TPSA) is 30.0 Å². The van der Waals surface area contributed by atoms with E-state index in [-0.39, 0.29) is 5.78 Å². The molecular formula is C9H7NOS. The van der Waals surface area contributed by atoms with Gasteiger partial charge in [0.25, 0.3) is 0 Å². The molecule has 0 saturated carbocycles. The van der Waals surface area contributed by atoms with Crippen molar-refractivity contribution >= 4 is 17.5 Å². The van der Waals surface area contributed by atoms with Crippen LogP contribution in [0.1, 0.15) is 10.4 Å². The van der Waals surface area contributed by atoms with E-state index in [1.807, 2.05) is 12.1 Å². The quantitative estimate of drug-likeness (QED) is 0.606. The van der Waals surface area contributed by atoms with Gasteiger partial charge in [0.1, 0.15) is 5.03 Å². The Balaban J connectivity index is 2.53. The zero-order valence-electron chi connectivity index (χ0n) is 6.36. The summed E-state index contributed by atoms with van der Waals surface area (Å²) in [6, 6.07) is 3.60. The first-order valence-electron chi connectivity index (χ1n) is 3.66. The molecule has 2 heterocycles. The fraction of sp³-hybridized carbons (Fsp3) is 0.111. The van der Waals surface area contributed by atoms with Gasteiger partial charge >= 0.3 is 0 Å². The van der Waals surface area contributed by atoms with Crippen LogP contribution in [-0.2, 0) is 0 Å². The number of allylic oxidation sites excluding steroid dienone is 1. The SMILES string of the molecule is O=C1C=CCSc2ncccc21. The first kappa shape index (κ1) is 7.55. The van der Waals surface area contributed by atoms with E-state index in [2.05, 4.69) is 4.98 Å². The van der Waals surface area contributed by atoms with Crippen LogP contribution in [0.15, 0.2) is 35.5 Å². The molecule has 1 aliphatic rings. The molecule has 0 amide bonds. The van der Waals surface area contributed by atoms with Gasteiger partial charge in [0, 0.05) is 11.9 Å². The van der Waals surface area contributed by atoms with Crippen molar-refractivity contribution in [3.63, 3.8) is 0 Å². The first-order valence-corrected chi connectivity index (χ1v) is 4.65. The van der Waals surface area contributed by atoms with Gasteiger partial charge < -0.3 is 0 Å². The van der Waals surface area contributed by atoms with Crippen molar-refractivity contribution in [3.8, 4) is 0 Å². The highest BCUT2D eigenvalue weighted by molar-refractivity contribution is 7.99. The highest BCUT2D eigenvalue weighted by Crippen LogP contribution is 2.23. The second-order valence-corrected chi connectivity index (χ2v) is 3.44. The van der Waals surface area contributed by atoms with Crippen molar-refractivity contribution in [2.75, 3.05) is 5.75 Å². The molecule has 0 saturated heterocycles. The van der Waals surface area contributed by atoms with Crippen LogP contribution < -0.4 is 0 Å². The van der Waals surface area contributed by atoms with Gasteiger partial charge in [0.05, 0.1) is 5.56 Å². The number of hydrogen-bond acceptors (Lipinski definition) is 3. The fourth-order valence-corrected chi connectivity index (χ4v) is 1.88. The summed E-state index contributed by atoms with van der Waals surface area (Å²) < 4.78 is 0. The lowest BCUT2D eigenvalue weighted by Gasteiger charge is -1.99. The van der Waals surface area contributed by atoms with Crippen LogP contribution in [0.4, 0.5) is 0 Å². The standard InChI is InChI=1S/C9H7NOS/c11-8-4-2-6-12-9-7(8)3-1-5-10-9/h1-5H,6H2. The molecule has 0 spiro atoms. The summed E-state index contributed by atoms with van der Waals surface area (Å²) in [4.78, 5) is 15.5. The summed E-state index contributed by atoms with van der Waals surface area (Å²) in [5.74, 6) is 0.888. The number of ketones is 1. The van der Waals surface area contributed by atoms with Crippen molar-refractivity contribution < 1.29 is 4.79 Å². The monoisotopic (exact) mass is 177 g/mol. The first-order chi connectivity index (χ1) is 5.88. The minimum Gasteiger partial charge on any atom is -0.289 e. The molecule has 1 aromatic rings. The molecule has 0 radical (unpaired) electrons. The maximum Gasteiger partial charge on any atom is 0.188 e. The largest absolute Gasteiger partial charge is 0.289 e. The van der Waals surface area contributed by atoms with Gasteiger partial charge in [-0.3, -0.25) is 4.79 Å². The molecule has 0 fully saturated rings.